The van der Waals surface area contributed by atoms with Gasteiger partial charge < -0.3 is 4.90 Å². The first-order valence-corrected chi connectivity index (χ1v) is 6.37. The Balaban J connectivity index is 3.52. The van der Waals surface area contributed by atoms with Gasteiger partial charge in [-0.15, -0.1) is 0 Å². The smallest absolute Gasteiger partial charge is 0.222 e. The van der Waals surface area contributed by atoms with Crippen molar-refractivity contribution >= 4 is 21.8 Å². The molecule has 0 aromatic heterocycles. The molecule has 0 N–H and O–H groups in total. The topological polar surface area (TPSA) is 20.3 Å². The van der Waals surface area contributed by atoms with E-state index < -0.39 is 0 Å². The van der Waals surface area contributed by atoms with E-state index in [9.17, 15) is 4.79 Å². The van der Waals surface area contributed by atoms with E-state index in [0.717, 1.165) is 13.0 Å². The minimum atomic E-state index is 0.271. The highest BCUT2D eigenvalue weighted by Gasteiger charge is 2.09. The molecule has 0 heterocycles. The van der Waals surface area contributed by atoms with Crippen molar-refractivity contribution in [2.24, 2.45) is 0 Å². The number of carbonyl (C=O) groups is 1. The molecular weight excluding hydrogens is 242 g/mol. The van der Waals surface area contributed by atoms with Crippen molar-refractivity contribution in [3.63, 3.8) is 0 Å². The highest BCUT2D eigenvalue weighted by Crippen LogP contribution is 2.06. The largest absolute Gasteiger partial charge is 0.345 e. The van der Waals surface area contributed by atoms with Crippen LogP contribution in [-0.2, 0) is 4.79 Å². The maximum Gasteiger partial charge on any atom is 0.222 e. The van der Waals surface area contributed by atoms with Gasteiger partial charge in [0.05, 0.1) is 0 Å². The number of hydrogen-bond donors (Lipinski definition) is 0. The van der Waals surface area contributed by atoms with Crippen LogP contribution in [0.1, 0.15) is 46.0 Å². The van der Waals surface area contributed by atoms with Gasteiger partial charge in [-0.1, -0.05) is 49.0 Å². The number of carbonyl (C=O) groups excluding carboxylic acids is 1. The van der Waals surface area contributed by atoms with Crippen LogP contribution >= 0.6 is 15.9 Å². The minimum absolute atomic E-state index is 0.271. The predicted molar refractivity (Wildman–Crippen MR) is 64.8 cm³/mol. The number of nitrogens with zero attached hydrogens (tertiary/aromatic N) is 1. The first-order valence-electron chi connectivity index (χ1n) is 5.46. The van der Waals surface area contributed by atoms with Crippen molar-refractivity contribution in [2.75, 3.05) is 13.6 Å². The molecule has 0 aliphatic heterocycles. The molecule has 0 aliphatic rings. The van der Waals surface area contributed by atoms with Gasteiger partial charge >= 0.3 is 0 Å². The Morgan fingerprint density at radius 2 is 2.00 bits per heavy atom. The molecule has 0 saturated heterocycles. The SMILES string of the molecule is CCCCCCC(=O)N(C)CC(C)Br. The van der Waals surface area contributed by atoms with Gasteiger partial charge in [-0.3, -0.25) is 4.79 Å². The Labute approximate surface area is 96.2 Å². The summed E-state index contributed by atoms with van der Waals surface area (Å²) < 4.78 is 0. The normalized spacial score (nSPS) is 12.6. The fourth-order valence-electron chi connectivity index (χ4n) is 1.37. The number of hydrogen-bond acceptors (Lipinski definition) is 1. The summed E-state index contributed by atoms with van der Waals surface area (Å²) in [4.78, 5) is 13.7. The third-order valence-corrected chi connectivity index (χ3v) is 2.48. The maximum atomic E-state index is 11.5. The second kappa shape index (κ2) is 8.27. The highest BCUT2D eigenvalue weighted by molar-refractivity contribution is 9.09. The standard InChI is InChI=1S/C11H22BrNO/c1-4-5-6-7-8-11(14)13(3)9-10(2)12/h10H,4-9H2,1-3H3. The van der Waals surface area contributed by atoms with Gasteiger partial charge in [-0.25, -0.2) is 0 Å². The number of amides is 1. The van der Waals surface area contributed by atoms with Crippen molar-refractivity contribution < 1.29 is 4.79 Å². The monoisotopic (exact) mass is 263 g/mol. The van der Waals surface area contributed by atoms with Crippen LogP contribution in [0.3, 0.4) is 0 Å². The number of unbranched alkanes of at least 4 members (excludes halogenated alkanes) is 3. The van der Waals surface area contributed by atoms with E-state index in [4.69, 9.17) is 0 Å². The zero-order valence-electron chi connectivity index (χ0n) is 9.55. The first-order chi connectivity index (χ1) is 6.57. The Kier molecular flexibility index (Phi) is 8.24. The van der Waals surface area contributed by atoms with Gasteiger partial charge in [0, 0.05) is 24.8 Å². The minimum Gasteiger partial charge on any atom is -0.345 e. The van der Waals surface area contributed by atoms with Crippen molar-refractivity contribution in [2.45, 2.75) is 50.8 Å². The van der Waals surface area contributed by atoms with Gasteiger partial charge in [0.25, 0.3) is 0 Å². The molecule has 0 aromatic rings. The highest BCUT2D eigenvalue weighted by atomic mass is 79.9. The van der Waals surface area contributed by atoms with Crippen LogP contribution in [0.4, 0.5) is 0 Å². The van der Waals surface area contributed by atoms with Crippen LogP contribution in [-0.4, -0.2) is 29.2 Å². The van der Waals surface area contributed by atoms with Crippen LogP contribution in [0.5, 0.6) is 0 Å². The van der Waals surface area contributed by atoms with Gasteiger partial charge in [0.2, 0.25) is 5.91 Å². The second-order valence-corrected chi connectivity index (χ2v) is 5.43. The average molecular weight is 264 g/mol. The molecule has 0 aromatic carbocycles. The summed E-state index contributed by atoms with van der Waals surface area (Å²) in [6.07, 6.45) is 5.39. The van der Waals surface area contributed by atoms with Crippen molar-refractivity contribution in [3.05, 3.63) is 0 Å². The molecule has 2 nitrogen and oxygen atoms in total. The molecule has 0 radical (unpaired) electrons. The summed E-state index contributed by atoms with van der Waals surface area (Å²) in [6, 6.07) is 0. The Hall–Kier alpha value is -0.0500. The molecular formula is C11H22BrNO. The second-order valence-electron chi connectivity index (χ2n) is 3.87. The molecule has 0 rings (SSSR count). The molecule has 0 saturated carbocycles. The Bertz CT molecular complexity index is 159. The van der Waals surface area contributed by atoms with E-state index >= 15 is 0 Å². The molecule has 1 amide bonds. The summed E-state index contributed by atoms with van der Waals surface area (Å²) in [5, 5.41) is 0. The number of alkyl halides is 1. The van der Waals surface area contributed by atoms with Crippen molar-refractivity contribution in [3.8, 4) is 0 Å². The number of halogens is 1. The molecule has 0 spiro atoms. The molecule has 1 unspecified atom stereocenters. The van der Waals surface area contributed by atoms with Gasteiger partial charge in [-0.05, 0) is 6.42 Å². The molecule has 0 aliphatic carbocycles. The van der Waals surface area contributed by atoms with E-state index in [-0.39, 0.29) is 5.91 Å². The third-order valence-electron chi connectivity index (χ3n) is 2.20. The molecule has 14 heavy (non-hydrogen) atoms. The third kappa shape index (κ3) is 7.36. The summed E-state index contributed by atoms with van der Waals surface area (Å²) >= 11 is 3.44. The quantitative estimate of drug-likeness (QED) is 0.511. The molecule has 0 bridgehead atoms. The first kappa shape index (κ1) is 13.9. The lowest BCUT2D eigenvalue weighted by molar-refractivity contribution is -0.129. The Morgan fingerprint density at radius 3 is 2.50 bits per heavy atom. The van der Waals surface area contributed by atoms with Crippen LogP contribution in [0.25, 0.3) is 0 Å². The lowest BCUT2D eigenvalue weighted by Gasteiger charge is -2.18. The molecule has 84 valence electrons. The van der Waals surface area contributed by atoms with Crippen LogP contribution in [0.15, 0.2) is 0 Å². The predicted octanol–water partition coefficient (Wildman–Crippen LogP) is 3.20. The summed E-state index contributed by atoms with van der Waals surface area (Å²) in [6.45, 7) is 5.04. The van der Waals surface area contributed by atoms with E-state index in [1.54, 1.807) is 0 Å². The summed E-state index contributed by atoms with van der Waals surface area (Å²) in [5.41, 5.74) is 0. The molecule has 1 atom stereocenters. The fraction of sp³-hybridized carbons (Fsp3) is 0.909. The van der Waals surface area contributed by atoms with Gasteiger partial charge in [0.1, 0.15) is 0 Å². The maximum absolute atomic E-state index is 11.5. The Morgan fingerprint density at radius 1 is 1.36 bits per heavy atom. The van der Waals surface area contributed by atoms with Crippen molar-refractivity contribution in [1.29, 1.82) is 0 Å². The van der Waals surface area contributed by atoms with Crippen molar-refractivity contribution in [1.82, 2.24) is 4.90 Å². The lowest BCUT2D eigenvalue weighted by atomic mass is 10.1. The zero-order chi connectivity index (χ0) is 11.0. The summed E-state index contributed by atoms with van der Waals surface area (Å²) in [7, 11) is 1.87. The zero-order valence-corrected chi connectivity index (χ0v) is 11.1. The molecule has 3 heteroatoms. The molecule has 0 fully saturated rings. The van der Waals surface area contributed by atoms with Gasteiger partial charge in [0.15, 0.2) is 0 Å². The lowest BCUT2D eigenvalue weighted by Crippen LogP contribution is -2.30. The van der Waals surface area contributed by atoms with E-state index in [1.807, 2.05) is 11.9 Å². The van der Waals surface area contributed by atoms with Crippen LogP contribution < -0.4 is 0 Å². The van der Waals surface area contributed by atoms with E-state index in [2.05, 4.69) is 29.8 Å². The number of rotatable bonds is 7. The average Bonchev–Trinajstić information content (AvgIpc) is 2.11. The van der Waals surface area contributed by atoms with Crippen LogP contribution in [0.2, 0.25) is 0 Å². The van der Waals surface area contributed by atoms with E-state index in [1.165, 1.54) is 19.3 Å². The summed E-state index contributed by atoms with van der Waals surface area (Å²) in [5.74, 6) is 0.271. The van der Waals surface area contributed by atoms with E-state index in [0.29, 0.717) is 11.2 Å². The van der Waals surface area contributed by atoms with Crippen LogP contribution in [0, 0.1) is 0 Å². The van der Waals surface area contributed by atoms with Gasteiger partial charge in [-0.2, -0.15) is 0 Å². The fourth-order valence-corrected chi connectivity index (χ4v) is 1.81.